The molecule has 5 rings (SSSR count). The number of furan rings is 1. The standard InChI is InChI=1S/C23H21ClFN5O2/c1-28(19-8-9-29(12-19)18-5-3-17(25)4-6-18)22-26-14-30(23(31)27-22)13-20-11-15-10-16(24)2-7-21(15)32-20/h2-7,10-11,14,19H,8-9,12-13H2,1H3. The Labute approximate surface area is 188 Å². The van der Waals surface area contributed by atoms with E-state index in [-0.39, 0.29) is 18.4 Å². The topological polar surface area (TPSA) is 67.4 Å². The predicted octanol–water partition coefficient (Wildman–Crippen LogP) is 3.94. The van der Waals surface area contributed by atoms with Gasteiger partial charge in [0, 0.05) is 36.2 Å². The number of likely N-dealkylation sites (N-methyl/N-ethyl adjacent to an activating group) is 1. The highest BCUT2D eigenvalue weighted by Crippen LogP contribution is 2.25. The average molecular weight is 454 g/mol. The summed E-state index contributed by atoms with van der Waals surface area (Å²) in [7, 11) is 1.89. The number of nitrogens with zero attached hydrogens (tertiary/aromatic N) is 5. The molecule has 2 aromatic carbocycles. The molecule has 3 heterocycles. The Bertz CT molecular complexity index is 1320. The molecule has 164 valence electrons. The van der Waals surface area contributed by atoms with E-state index in [1.165, 1.54) is 23.0 Å². The summed E-state index contributed by atoms with van der Waals surface area (Å²) in [4.78, 5) is 25.3. The minimum Gasteiger partial charge on any atom is -0.459 e. The third-order valence-electron chi connectivity index (χ3n) is 5.83. The van der Waals surface area contributed by atoms with E-state index in [1.807, 2.05) is 24.1 Å². The van der Waals surface area contributed by atoms with E-state index in [2.05, 4.69) is 14.9 Å². The van der Waals surface area contributed by atoms with Crippen molar-refractivity contribution in [3.05, 3.63) is 81.9 Å². The number of rotatable bonds is 5. The second-order valence-corrected chi connectivity index (χ2v) is 8.37. The van der Waals surface area contributed by atoms with Gasteiger partial charge in [-0.2, -0.15) is 4.98 Å². The minimum atomic E-state index is -0.395. The summed E-state index contributed by atoms with van der Waals surface area (Å²) < 4.78 is 20.4. The summed E-state index contributed by atoms with van der Waals surface area (Å²) in [5, 5.41) is 1.51. The van der Waals surface area contributed by atoms with Crippen LogP contribution in [0.25, 0.3) is 11.0 Å². The molecule has 2 aromatic heterocycles. The van der Waals surface area contributed by atoms with Gasteiger partial charge in [-0.05, 0) is 55.0 Å². The molecule has 0 amide bonds. The molecule has 0 spiro atoms. The normalized spacial score (nSPS) is 16.1. The fourth-order valence-corrected chi connectivity index (χ4v) is 4.23. The Morgan fingerprint density at radius 2 is 2.03 bits per heavy atom. The molecule has 7 nitrogen and oxygen atoms in total. The summed E-state index contributed by atoms with van der Waals surface area (Å²) in [6.45, 7) is 1.82. The van der Waals surface area contributed by atoms with Gasteiger partial charge in [0.1, 0.15) is 23.5 Å². The lowest BCUT2D eigenvalue weighted by atomic mass is 10.2. The second-order valence-electron chi connectivity index (χ2n) is 7.94. The van der Waals surface area contributed by atoms with Crippen LogP contribution in [0, 0.1) is 5.82 Å². The number of hydrogen-bond acceptors (Lipinski definition) is 6. The van der Waals surface area contributed by atoms with Gasteiger partial charge >= 0.3 is 5.69 Å². The molecule has 1 saturated heterocycles. The first kappa shape index (κ1) is 20.5. The molecule has 4 aromatic rings. The van der Waals surface area contributed by atoms with Crippen LogP contribution in [0.4, 0.5) is 16.0 Å². The van der Waals surface area contributed by atoms with Crippen molar-refractivity contribution < 1.29 is 8.81 Å². The van der Waals surface area contributed by atoms with Gasteiger partial charge in [0.25, 0.3) is 0 Å². The molecule has 1 aliphatic rings. The number of halogens is 2. The van der Waals surface area contributed by atoms with E-state index >= 15 is 0 Å². The van der Waals surface area contributed by atoms with Crippen LogP contribution in [0.3, 0.4) is 0 Å². The van der Waals surface area contributed by atoms with E-state index in [4.69, 9.17) is 16.0 Å². The Kier molecular flexibility index (Phi) is 5.30. The fourth-order valence-electron chi connectivity index (χ4n) is 4.05. The van der Waals surface area contributed by atoms with E-state index in [0.29, 0.717) is 22.3 Å². The summed E-state index contributed by atoms with van der Waals surface area (Å²) in [6, 6.07) is 13.9. The molecule has 1 atom stereocenters. The third kappa shape index (κ3) is 4.05. The van der Waals surface area contributed by atoms with Crippen molar-refractivity contribution >= 4 is 34.2 Å². The maximum atomic E-state index is 13.2. The lowest BCUT2D eigenvalue weighted by Gasteiger charge is -2.25. The Morgan fingerprint density at radius 1 is 1.22 bits per heavy atom. The number of benzene rings is 2. The molecule has 0 saturated carbocycles. The van der Waals surface area contributed by atoms with Gasteiger partial charge in [0.05, 0.1) is 12.6 Å². The number of hydrogen-bond donors (Lipinski definition) is 0. The second kappa shape index (κ2) is 8.27. The molecule has 0 aliphatic carbocycles. The fraction of sp³-hybridized carbons (Fsp3) is 0.261. The van der Waals surface area contributed by atoms with E-state index in [0.717, 1.165) is 30.6 Å². The molecule has 1 aliphatic heterocycles. The maximum Gasteiger partial charge on any atom is 0.352 e. The molecule has 1 unspecified atom stereocenters. The van der Waals surface area contributed by atoms with Gasteiger partial charge in [-0.3, -0.25) is 4.57 Å². The lowest BCUT2D eigenvalue weighted by molar-refractivity contribution is 0.515. The highest BCUT2D eigenvalue weighted by molar-refractivity contribution is 6.31. The van der Waals surface area contributed by atoms with Crippen molar-refractivity contribution in [2.45, 2.75) is 19.0 Å². The Hall–Kier alpha value is -3.39. The SMILES string of the molecule is CN(c1ncn(Cc2cc3cc(Cl)ccc3o2)c(=O)n1)C1CCN(c2ccc(F)cc2)C1. The van der Waals surface area contributed by atoms with E-state index < -0.39 is 5.69 Å². The van der Waals surface area contributed by atoms with Gasteiger partial charge < -0.3 is 14.2 Å². The van der Waals surface area contributed by atoms with Crippen LogP contribution in [0.5, 0.6) is 0 Å². The minimum absolute atomic E-state index is 0.149. The van der Waals surface area contributed by atoms with Gasteiger partial charge in [0.15, 0.2) is 0 Å². The zero-order chi connectivity index (χ0) is 22.2. The van der Waals surface area contributed by atoms with Gasteiger partial charge in [-0.15, -0.1) is 0 Å². The Balaban J connectivity index is 1.29. The van der Waals surface area contributed by atoms with Crippen LogP contribution < -0.4 is 15.5 Å². The quantitative estimate of drug-likeness (QED) is 0.456. The summed E-state index contributed by atoms with van der Waals surface area (Å²) in [6.07, 6.45) is 2.38. The van der Waals surface area contributed by atoms with Crippen molar-refractivity contribution in [2.75, 3.05) is 29.9 Å². The first-order valence-electron chi connectivity index (χ1n) is 10.3. The maximum absolute atomic E-state index is 13.2. The van der Waals surface area contributed by atoms with Gasteiger partial charge in [-0.1, -0.05) is 11.6 Å². The van der Waals surface area contributed by atoms with Gasteiger partial charge in [0.2, 0.25) is 5.95 Å². The third-order valence-corrected chi connectivity index (χ3v) is 6.06. The average Bonchev–Trinajstić information content (AvgIpc) is 3.42. The largest absolute Gasteiger partial charge is 0.459 e. The zero-order valence-corrected chi connectivity index (χ0v) is 18.2. The first-order chi connectivity index (χ1) is 15.5. The smallest absolute Gasteiger partial charge is 0.352 e. The number of aromatic nitrogens is 3. The summed E-state index contributed by atoms with van der Waals surface area (Å²) in [5.74, 6) is 0.760. The van der Waals surface area contributed by atoms with E-state index in [9.17, 15) is 9.18 Å². The molecular formula is C23H21ClFN5O2. The molecular weight excluding hydrogens is 433 g/mol. The molecule has 1 fully saturated rings. The van der Waals surface area contributed by atoms with Crippen LogP contribution in [0.1, 0.15) is 12.2 Å². The monoisotopic (exact) mass is 453 g/mol. The Morgan fingerprint density at radius 3 is 2.81 bits per heavy atom. The van der Waals surface area contributed by atoms with Gasteiger partial charge in [-0.25, -0.2) is 14.2 Å². The lowest BCUT2D eigenvalue weighted by Crippen LogP contribution is -2.37. The van der Waals surface area contributed by atoms with Crippen molar-refractivity contribution in [3.63, 3.8) is 0 Å². The van der Waals surface area contributed by atoms with Crippen LogP contribution in [-0.4, -0.2) is 40.7 Å². The first-order valence-corrected chi connectivity index (χ1v) is 10.7. The highest BCUT2D eigenvalue weighted by atomic mass is 35.5. The molecule has 0 radical (unpaired) electrons. The molecule has 9 heteroatoms. The van der Waals surface area contributed by atoms with Crippen molar-refractivity contribution in [2.24, 2.45) is 0 Å². The number of anilines is 2. The highest BCUT2D eigenvalue weighted by Gasteiger charge is 2.27. The summed E-state index contributed by atoms with van der Waals surface area (Å²) in [5.41, 5.74) is 1.29. The van der Waals surface area contributed by atoms with Crippen LogP contribution in [-0.2, 0) is 6.54 Å². The molecule has 0 N–H and O–H groups in total. The molecule has 32 heavy (non-hydrogen) atoms. The van der Waals surface area contributed by atoms with E-state index in [1.54, 1.807) is 24.3 Å². The summed E-state index contributed by atoms with van der Waals surface area (Å²) >= 11 is 6.02. The van der Waals surface area contributed by atoms with Crippen molar-refractivity contribution in [3.8, 4) is 0 Å². The zero-order valence-electron chi connectivity index (χ0n) is 17.4. The number of fused-ring (bicyclic) bond motifs is 1. The molecule has 0 bridgehead atoms. The predicted molar refractivity (Wildman–Crippen MR) is 122 cm³/mol. The van der Waals surface area contributed by atoms with Crippen LogP contribution in [0.2, 0.25) is 5.02 Å². The van der Waals surface area contributed by atoms with Crippen LogP contribution >= 0.6 is 11.6 Å². The van der Waals surface area contributed by atoms with Crippen molar-refractivity contribution in [1.29, 1.82) is 0 Å². The van der Waals surface area contributed by atoms with Crippen molar-refractivity contribution in [1.82, 2.24) is 14.5 Å². The van der Waals surface area contributed by atoms with Crippen LogP contribution in [0.15, 0.2) is 64.1 Å².